The fourth-order valence-corrected chi connectivity index (χ4v) is 4.06. The van der Waals surface area contributed by atoms with Gasteiger partial charge in [0.1, 0.15) is 0 Å². The Kier molecular flexibility index (Phi) is 4.81. The van der Waals surface area contributed by atoms with E-state index in [1.807, 2.05) is 30.3 Å². The van der Waals surface area contributed by atoms with Crippen LogP contribution in [0.15, 0.2) is 47.1 Å². The normalized spacial score (nSPS) is 19.1. The van der Waals surface area contributed by atoms with Gasteiger partial charge in [-0.25, -0.2) is 4.98 Å². The molecule has 0 bridgehead atoms. The van der Waals surface area contributed by atoms with Crippen molar-refractivity contribution in [1.82, 2.24) is 15.5 Å². The van der Waals surface area contributed by atoms with Gasteiger partial charge in [-0.3, -0.25) is 4.79 Å². The summed E-state index contributed by atoms with van der Waals surface area (Å²) in [5, 5.41) is 17.0. The third-order valence-electron chi connectivity index (χ3n) is 4.59. The van der Waals surface area contributed by atoms with Gasteiger partial charge in [-0.05, 0) is 18.8 Å². The van der Waals surface area contributed by atoms with Gasteiger partial charge in [0, 0.05) is 30.3 Å². The van der Waals surface area contributed by atoms with Crippen molar-refractivity contribution in [2.24, 2.45) is 5.92 Å². The van der Waals surface area contributed by atoms with Gasteiger partial charge in [-0.2, -0.15) is 0 Å². The minimum absolute atomic E-state index is 0.0453. The third kappa shape index (κ3) is 3.68. The van der Waals surface area contributed by atoms with Gasteiger partial charge >= 0.3 is 0 Å². The minimum Gasteiger partial charge on any atom is -0.391 e. The molecule has 1 aliphatic rings. The number of nitrogens with zero attached hydrogens (tertiary/aromatic N) is 2. The summed E-state index contributed by atoms with van der Waals surface area (Å²) >= 11 is 1.55. The fourth-order valence-electron chi connectivity index (χ4n) is 3.16. The summed E-state index contributed by atoms with van der Waals surface area (Å²) in [5.74, 6) is 0.914. The third-order valence-corrected chi connectivity index (χ3v) is 5.60. The molecule has 7 heteroatoms. The van der Waals surface area contributed by atoms with Crippen molar-refractivity contribution in [2.45, 2.75) is 31.9 Å². The first-order valence-corrected chi connectivity index (χ1v) is 9.40. The van der Waals surface area contributed by atoms with Crippen LogP contribution in [0.3, 0.4) is 0 Å². The Morgan fingerprint density at radius 1 is 1.31 bits per heavy atom. The van der Waals surface area contributed by atoms with Gasteiger partial charge in [0.25, 0.3) is 5.91 Å². The van der Waals surface area contributed by atoms with Gasteiger partial charge in [0.05, 0.1) is 16.5 Å². The van der Waals surface area contributed by atoms with E-state index in [0.29, 0.717) is 17.4 Å². The van der Waals surface area contributed by atoms with E-state index in [4.69, 9.17) is 9.63 Å². The first-order chi connectivity index (χ1) is 12.7. The monoisotopic (exact) mass is 369 g/mol. The highest BCUT2D eigenvalue weighted by molar-refractivity contribution is 7.11. The summed E-state index contributed by atoms with van der Waals surface area (Å²) in [6.45, 7) is 0.0453. The smallest absolute Gasteiger partial charge is 0.273 e. The predicted octanol–water partition coefficient (Wildman–Crippen LogP) is 3.04. The molecule has 4 rings (SSSR count). The van der Waals surface area contributed by atoms with Crippen LogP contribution in [0.25, 0.3) is 11.3 Å². The van der Waals surface area contributed by atoms with Gasteiger partial charge in [0.2, 0.25) is 0 Å². The van der Waals surface area contributed by atoms with E-state index >= 15 is 0 Å². The maximum Gasteiger partial charge on any atom is 0.273 e. The van der Waals surface area contributed by atoms with Crippen molar-refractivity contribution in [1.29, 1.82) is 0 Å². The van der Waals surface area contributed by atoms with Crippen molar-refractivity contribution in [3.63, 3.8) is 0 Å². The van der Waals surface area contributed by atoms with Gasteiger partial charge in [-0.1, -0.05) is 35.5 Å². The highest BCUT2D eigenvalue weighted by atomic mass is 32.1. The van der Waals surface area contributed by atoms with Crippen molar-refractivity contribution < 1.29 is 14.4 Å². The van der Waals surface area contributed by atoms with Crippen LogP contribution < -0.4 is 5.32 Å². The molecule has 6 nitrogen and oxygen atoms in total. The molecule has 1 saturated carbocycles. The highest BCUT2D eigenvalue weighted by Crippen LogP contribution is 2.32. The molecule has 0 spiro atoms. The zero-order valence-corrected chi connectivity index (χ0v) is 14.9. The zero-order chi connectivity index (χ0) is 17.9. The molecule has 0 aliphatic heterocycles. The standard InChI is InChI=1S/C19H19N3O3S/c23-11-15-10-20-18(26-15)8-12-6-14(7-12)21-19(24)16-9-17(25-22-16)13-4-2-1-3-5-13/h1-5,9-10,12,14,23H,6-8,11H2,(H,21,24). The Labute approximate surface area is 154 Å². The van der Waals surface area contributed by atoms with E-state index in [2.05, 4.69) is 15.5 Å². The van der Waals surface area contributed by atoms with Gasteiger partial charge < -0.3 is 14.9 Å². The molecule has 0 radical (unpaired) electrons. The maximum atomic E-state index is 12.3. The highest BCUT2D eigenvalue weighted by Gasteiger charge is 2.31. The largest absolute Gasteiger partial charge is 0.391 e. The molecule has 1 aromatic carbocycles. The number of benzene rings is 1. The zero-order valence-electron chi connectivity index (χ0n) is 14.1. The molecular formula is C19H19N3O3S. The SMILES string of the molecule is O=C(NC1CC(Cc2ncc(CO)s2)C1)c1cc(-c2ccccc2)on1. The quantitative estimate of drug-likeness (QED) is 0.697. The predicted molar refractivity (Wildman–Crippen MR) is 97.7 cm³/mol. The van der Waals surface area contributed by atoms with E-state index in [1.54, 1.807) is 23.6 Å². The summed E-state index contributed by atoms with van der Waals surface area (Å²) < 4.78 is 5.28. The second kappa shape index (κ2) is 7.39. The fraction of sp³-hybridized carbons (Fsp3) is 0.316. The Balaban J connectivity index is 1.28. The molecule has 1 amide bonds. The van der Waals surface area contributed by atoms with Crippen LogP contribution in [0.1, 0.15) is 33.2 Å². The van der Waals surface area contributed by atoms with Crippen molar-refractivity contribution in [2.75, 3.05) is 0 Å². The Hall–Kier alpha value is -2.51. The molecule has 134 valence electrons. The first kappa shape index (κ1) is 16.9. The lowest BCUT2D eigenvalue weighted by molar-refractivity contribution is 0.0880. The number of rotatable bonds is 6. The second-order valence-electron chi connectivity index (χ2n) is 6.53. The number of hydrogen-bond acceptors (Lipinski definition) is 6. The van der Waals surface area contributed by atoms with Crippen LogP contribution in [0.5, 0.6) is 0 Å². The van der Waals surface area contributed by atoms with Crippen molar-refractivity contribution >= 4 is 17.2 Å². The number of carbonyl (C=O) groups is 1. The lowest BCUT2D eigenvalue weighted by atomic mass is 9.78. The van der Waals surface area contributed by atoms with Gasteiger partial charge in [0.15, 0.2) is 11.5 Å². The lowest BCUT2D eigenvalue weighted by Gasteiger charge is -2.35. The molecule has 0 atom stereocenters. The Bertz CT molecular complexity index is 884. The van der Waals surface area contributed by atoms with Crippen LogP contribution in [-0.4, -0.2) is 27.2 Å². The number of nitrogens with one attached hydrogen (secondary N) is 1. The average Bonchev–Trinajstić information content (AvgIpc) is 3.30. The number of thiazole rings is 1. The van der Waals surface area contributed by atoms with E-state index in [9.17, 15) is 4.79 Å². The number of aliphatic hydroxyl groups excluding tert-OH is 1. The van der Waals surface area contributed by atoms with Crippen molar-refractivity contribution in [3.8, 4) is 11.3 Å². The topological polar surface area (TPSA) is 88.2 Å². The molecule has 0 unspecified atom stereocenters. The van der Waals surface area contributed by atoms with Gasteiger partial charge in [-0.15, -0.1) is 11.3 Å². The van der Waals surface area contributed by atoms with Crippen LogP contribution >= 0.6 is 11.3 Å². The van der Waals surface area contributed by atoms with E-state index in [0.717, 1.165) is 34.7 Å². The number of carbonyl (C=O) groups excluding carboxylic acids is 1. The molecular weight excluding hydrogens is 350 g/mol. The van der Waals surface area contributed by atoms with E-state index in [-0.39, 0.29) is 18.6 Å². The lowest BCUT2D eigenvalue weighted by Crippen LogP contribution is -2.45. The summed E-state index contributed by atoms with van der Waals surface area (Å²) in [4.78, 5) is 17.5. The number of hydrogen-bond donors (Lipinski definition) is 2. The van der Waals surface area contributed by atoms with Crippen molar-refractivity contribution in [3.05, 3.63) is 58.2 Å². The number of aliphatic hydroxyl groups is 1. The van der Waals surface area contributed by atoms with E-state index in [1.165, 1.54) is 0 Å². The summed E-state index contributed by atoms with van der Waals surface area (Å²) in [7, 11) is 0. The van der Waals surface area contributed by atoms with Crippen LogP contribution in [-0.2, 0) is 13.0 Å². The molecule has 26 heavy (non-hydrogen) atoms. The minimum atomic E-state index is -0.198. The van der Waals surface area contributed by atoms with Crippen LogP contribution in [0.4, 0.5) is 0 Å². The molecule has 2 aromatic heterocycles. The van der Waals surface area contributed by atoms with Crippen LogP contribution in [0, 0.1) is 5.92 Å². The number of aromatic nitrogens is 2. The maximum absolute atomic E-state index is 12.3. The van der Waals surface area contributed by atoms with E-state index < -0.39 is 0 Å². The summed E-state index contributed by atoms with van der Waals surface area (Å²) in [6, 6.07) is 11.4. The first-order valence-electron chi connectivity index (χ1n) is 8.58. The Morgan fingerprint density at radius 2 is 2.12 bits per heavy atom. The average molecular weight is 369 g/mol. The Morgan fingerprint density at radius 3 is 2.85 bits per heavy atom. The molecule has 1 aliphatic carbocycles. The molecule has 1 fully saturated rings. The number of amides is 1. The summed E-state index contributed by atoms with van der Waals surface area (Å²) in [5.41, 5.74) is 1.20. The van der Waals surface area contributed by atoms with Crippen LogP contribution in [0.2, 0.25) is 0 Å². The summed E-state index contributed by atoms with van der Waals surface area (Å²) in [6.07, 6.45) is 4.50. The molecule has 0 saturated heterocycles. The second-order valence-corrected chi connectivity index (χ2v) is 7.73. The molecule has 2 N–H and O–H groups in total. The molecule has 2 heterocycles. The molecule has 3 aromatic rings.